The van der Waals surface area contributed by atoms with Crippen LogP contribution in [0.4, 0.5) is 0 Å². The Labute approximate surface area is 109 Å². The smallest absolute Gasteiger partial charge is 0.243 e. The van der Waals surface area contributed by atoms with Crippen molar-refractivity contribution in [3.63, 3.8) is 0 Å². The summed E-state index contributed by atoms with van der Waals surface area (Å²) in [6.45, 7) is 5.27. The standard InChI is InChI=1S/C13H19NO3S/c1-3-12-4-6-13(7-5-12)18(15,16)14-8-9-17-11(2)10-14/h4-7,11H,3,8-10H2,1-2H3. The van der Waals surface area contributed by atoms with Gasteiger partial charge in [-0.15, -0.1) is 0 Å². The molecule has 4 nitrogen and oxygen atoms in total. The van der Waals surface area contributed by atoms with Crippen LogP contribution in [0.25, 0.3) is 0 Å². The number of nitrogens with zero attached hydrogens (tertiary/aromatic N) is 1. The van der Waals surface area contributed by atoms with Crippen LogP contribution in [-0.2, 0) is 21.2 Å². The molecule has 0 bridgehead atoms. The molecule has 1 aliphatic rings. The van der Waals surface area contributed by atoms with Gasteiger partial charge in [-0.3, -0.25) is 0 Å². The Morgan fingerprint density at radius 2 is 2.00 bits per heavy atom. The van der Waals surface area contributed by atoms with Crippen LogP contribution >= 0.6 is 0 Å². The van der Waals surface area contributed by atoms with Gasteiger partial charge in [0.2, 0.25) is 10.0 Å². The monoisotopic (exact) mass is 269 g/mol. The Balaban J connectivity index is 2.23. The summed E-state index contributed by atoms with van der Waals surface area (Å²) in [4.78, 5) is 0.369. The number of sulfonamides is 1. The molecule has 1 aromatic carbocycles. The van der Waals surface area contributed by atoms with Crippen molar-refractivity contribution in [2.24, 2.45) is 0 Å². The molecule has 0 spiro atoms. The molecular weight excluding hydrogens is 250 g/mol. The summed E-state index contributed by atoms with van der Waals surface area (Å²) in [6.07, 6.45) is 0.873. The van der Waals surface area contributed by atoms with Crippen molar-refractivity contribution in [2.45, 2.75) is 31.3 Å². The fraction of sp³-hybridized carbons (Fsp3) is 0.538. The summed E-state index contributed by atoms with van der Waals surface area (Å²) < 4.78 is 31.7. The van der Waals surface area contributed by atoms with E-state index >= 15 is 0 Å². The van der Waals surface area contributed by atoms with Crippen LogP contribution < -0.4 is 0 Å². The molecule has 1 heterocycles. The van der Waals surface area contributed by atoms with Gasteiger partial charge in [-0.2, -0.15) is 4.31 Å². The molecule has 0 amide bonds. The first-order chi connectivity index (χ1) is 8.54. The summed E-state index contributed by atoms with van der Waals surface area (Å²) in [5.74, 6) is 0. The van der Waals surface area contributed by atoms with Crippen LogP contribution in [0.3, 0.4) is 0 Å². The van der Waals surface area contributed by atoms with E-state index < -0.39 is 10.0 Å². The fourth-order valence-electron chi connectivity index (χ4n) is 2.05. The molecule has 1 aromatic rings. The third-order valence-electron chi connectivity index (χ3n) is 3.17. The van der Waals surface area contributed by atoms with E-state index in [0.717, 1.165) is 12.0 Å². The lowest BCUT2D eigenvalue weighted by atomic mass is 10.2. The van der Waals surface area contributed by atoms with Crippen molar-refractivity contribution < 1.29 is 13.2 Å². The molecule has 1 atom stereocenters. The summed E-state index contributed by atoms with van der Waals surface area (Å²) in [5.41, 5.74) is 1.14. The van der Waals surface area contributed by atoms with Crippen LogP contribution in [0, 0.1) is 0 Å². The Morgan fingerprint density at radius 3 is 2.56 bits per heavy atom. The van der Waals surface area contributed by atoms with Crippen LogP contribution in [-0.4, -0.2) is 38.5 Å². The lowest BCUT2D eigenvalue weighted by molar-refractivity contribution is 0.0102. The average molecular weight is 269 g/mol. The zero-order valence-corrected chi connectivity index (χ0v) is 11.6. The van der Waals surface area contributed by atoms with E-state index in [1.54, 1.807) is 12.1 Å². The number of aryl methyl sites for hydroxylation is 1. The van der Waals surface area contributed by atoms with E-state index in [1.807, 2.05) is 26.0 Å². The maximum atomic E-state index is 12.4. The van der Waals surface area contributed by atoms with Crippen molar-refractivity contribution in [2.75, 3.05) is 19.7 Å². The highest BCUT2D eigenvalue weighted by atomic mass is 32.2. The first-order valence-electron chi connectivity index (χ1n) is 6.24. The van der Waals surface area contributed by atoms with Crippen LogP contribution in [0.5, 0.6) is 0 Å². The Hall–Kier alpha value is -0.910. The Bertz CT molecular complexity index is 495. The minimum Gasteiger partial charge on any atom is -0.376 e. The van der Waals surface area contributed by atoms with Crippen LogP contribution in [0.2, 0.25) is 0 Å². The van der Waals surface area contributed by atoms with Crippen molar-refractivity contribution in [3.8, 4) is 0 Å². The van der Waals surface area contributed by atoms with Crippen molar-refractivity contribution >= 4 is 10.0 Å². The molecule has 18 heavy (non-hydrogen) atoms. The molecule has 0 aliphatic carbocycles. The number of hydrogen-bond acceptors (Lipinski definition) is 3. The largest absolute Gasteiger partial charge is 0.376 e. The second-order valence-corrected chi connectivity index (χ2v) is 6.48. The fourth-order valence-corrected chi connectivity index (χ4v) is 3.55. The van der Waals surface area contributed by atoms with Crippen molar-refractivity contribution in [1.29, 1.82) is 0 Å². The molecule has 1 saturated heterocycles. The normalized spacial score (nSPS) is 22.0. The van der Waals surface area contributed by atoms with Crippen LogP contribution in [0.15, 0.2) is 29.2 Å². The molecule has 0 radical (unpaired) electrons. The summed E-state index contributed by atoms with van der Waals surface area (Å²) in [5, 5.41) is 0. The van der Waals surface area contributed by atoms with Gasteiger partial charge in [0, 0.05) is 13.1 Å². The second-order valence-electron chi connectivity index (χ2n) is 4.54. The summed E-state index contributed by atoms with van der Waals surface area (Å²) >= 11 is 0. The lowest BCUT2D eigenvalue weighted by Crippen LogP contribution is -2.44. The van der Waals surface area contributed by atoms with Crippen molar-refractivity contribution in [1.82, 2.24) is 4.31 Å². The van der Waals surface area contributed by atoms with Gasteiger partial charge in [0.05, 0.1) is 17.6 Å². The zero-order valence-electron chi connectivity index (χ0n) is 10.8. The third kappa shape index (κ3) is 2.74. The van der Waals surface area contributed by atoms with E-state index in [4.69, 9.17) is 4.74 Å². The van der Waals surface area contributed by atoms with Gasteiger partial charge in [0.1, 0.15) is 0 Å². The maximum Gasteiger partial charge on any atom is 0.243 e. The van der Waals surface area contributed by atoms with E-state index in [2.05, 4.69) is 0 Å². The summed E-state index contributed by atoms with van der Waals surface area (Å²) in [6, 6.07) is 7.12. The van der Waals surface area contributed by atoms with E-state index in [0.29, 0.717) is 24.6 Å². The predicted octanol–water partition coefficient (Wildman–Crippen LogP) is 1.66. The highest BCUT2D eigenvalue weighted by Gasteiger charge is 2.28. The minimum atomic E-state index is -3.37. The van der Waals surface area contributed by atoms with Gasteiger partial charge >= 0.3 is 0 Å². The van der Waals surface area contributed by atoms with Gasteiger partial charge in [-0.25, -0.2) is 8.42 Å². The SMILES string of the molecule is CCc1ccc(S(=O)(=O)N2CCOC(C)C2)cc1. The number of rotatable bonds is 3. The molecule has 2 rings (SSSR count). The Morgan fingerprint density at radius 1 is 1.33 bits per heavy atom. The number of hydrogen-bond donors (Lipinski definition) is 0. The average Bonchev–Trinajstić information content (AvgIpc) is 2.39. The molecule has 5 heteroatoms. The molecular formula is C13H19NO3S. The van der Waals surface area contributed by atoms with Gasteiger partial charge < -0.3 is 4.74 Å². The van der Waals surface area contributed by atoms with E-state index in [9.17, 15) is 8.42 Å². The lowest BCUT2D eigenvalue weighted by Gasteiger charge is -2.30. The number of benzene rings is 1. The van der Waals surface area contributed by atoms with Crippen LogP contribution in [0.1, 0.15) is 19.4 Å². The second kappa shape index (κ2) is 5.38. The maximum absolute atomic E-state index is 12.4. The zero-order chi connectivity index (χ0) is 13.2. The number of morpholine rings is 1. The topological polar surface area (TPSA) is 46.6 Å². The first-order valence-corrected chi connectivity index (χ1v) is 7.68. The first kappa shape index (κ1) is 13.5. The molecule has 1 aliphatic heterocycles. The van der Waals surface area contributed by atoms with E-state index in [-0.39, 0.29) is 6.10 Å². The quantitative estimate of drug-likeness (QED) is 0.838. The highest BCUT2D eigenvalue weighted by Crippen LogP contribution is 2.19. The van der Waals surface area contributed by atoms with Gasteiger partial charge in [0.15, 0.2) is 0 Å². The molecule has 0 N–H and O–H groups in total. The molecule has 0 saturated carbocycles. The molecule has 100 valence electrons. The van der Waals surface area contributed by atoms with Gasteiger partial charge in [-0.1, -0.05) is 19.1 Å². The number of ether oxygens (including phenoxy) is 1. The molecule has 0 aromatic heterocycles. The highest BCUT2D eigenvalue weighted by molar-refractivity contribution is 7.89. The third-order valence-corrected chi connectivity index (χ3v) is 5.05. The molecule has 1 fully saturated rings. The predicted molar refractivity (Wildman–Crippen MR) is 70.0 cm³/mol. The molecule has 1 unspecified atom stereocenters. The van der Waals surface area contributed by atoms with Gasteiger partial charge in [0.25, 0.3) is 0 Å². The Kier molecular flexibility index (Phi) is 4.04. The van der Waals surface area contributed by atoms with Crippen molar-refractivity contribution in [3.05, 3.63) is 29.8 Å². The van der Waals surface area contributed by atoms with Gasteiger partial charge in [-0.05, 0) is 31.0 Å². The summed E-state index contributed by atoms with van der Waals surface area (Å²) in [7, 11) is -3.37. The minimum absolute atomic E-state index is 0.0385. The van der Waals surface area contributed by atoms with E-state index in [1.165, 1.54) is 4.31 Å².